The molecule has 0 saturated carbocycles. The summed E-state index contributed by atoms with van der Waals surface area (Å²) in [6.07, 6.45) is 15.4. The van der Waals surface area contributed by atoms with Crippen LogP contribution in [0.2, 0.25) is 0 Å². The molecule has 1 aliphatic rings. The SMILES string of the molecule is CCCCCCCCCCCCCCC(OC(C)=O)C(=O)NC(COC1OC(COC(C)=O)C(OC(C)=O)C(OC(C)=O)C1O)C(OC(C)=O)C(CCCCCCCCCCCCCC)OC(C)=O. The molecule has 17 nitrogen and oxygen atoms in total. The summed E-state index contributed by atoms with van der Waals surface area (Å²) in [6.45, 7) is 10.3. The summed E-state index contributed by atoms with van der Waals surface area (Å²) in [7, 11) is 0. The lowest BCUT2D eigenvalue weighted by molar-refractivity contribution is -0.307. The third-order valence-corrected chi connectivity index (χ3v) is 12.1. The van der Waals surface area contributed by atoms with Gasteiger partial charge in [-0.05, 0) is 25.7 Å². The standard InChI is InChI=1S/C52H91NO16/c1-9-11-13-15-17-19-21-23-25-27-29-31-33-44(64-38(4)55)48(66-40(6)57)43(53-51(61)45(65-39(5)56)34-32-30-28-26-24-22-20-18-16-14-12-10-2)35-63-52-47(60)50(68-42(8)59)49(67-41(7)58)46(69-52)36-62-37(3)54/h43-50,52,60H,9-36H2,1-8H3,(H,53,61). The van der Waals surface area contributed by atoms with Gasteiger partial charge in [-0.1, -0.05) is 155 Å². The van der Waals surface area contributed by atoms with E-state index in [2.05, 4.69) is 19.2 Å². The Morgan fingerprint density at radius 3 is 1.35 bits per heavy atom. The number of amides is 1. The van der Waals surface area contributed by atoms with E-state index >= 15 is 0 Å². The fraction of sp³-hybridized carbons (Fsp3) is 0.865. The first-order valence-electron chi connectivity index (χ1n) is 26.2. The molecule has 1 heterocycles. The van der Waals surface area contributed by atoms with Crippen molar-refractivity contribution in [2.45, 2.75) is 277 Å². The van der Waals surface area contributed by atoms with Gasteiger partial charge in [-0.2, -0.15) is 0 Å². The van der Waals surface area contributed by atoms with Gasteiger partial charge < -0.3 is 48.3 Å². The van der Waals surface area contributed by atoms with E-state index in [4.69, 9.17) is 37.9 Å². The molecule has 1 fully saturated rings. The topological polar surface area (TPSA) is 226 Å². The van der Waals surface area contributed by atoms with Gasteiger partial charge in [0.05, 0.1) is 12.6 Å². The first-order chi connectivity index (χ1) is 33.0. The highest BCUT2D eigenvalue weighted by atomic mass is 16.7. The van der Waals surface area contributed by atoms with Gasteiger partial charge in [0.25, 0.3) is 5.91 Å². The van der Waals surface area contributed by atoms with E-state index < -0.39 is 110 Å². The van der Waals surface area contributed by atoms with Crippen LogP contribution >= 0.6 is 0 Å². The zero-order valence-corrected chi connectivity index (χ0v) is 43.6. The molecule has 0 spiro atoms. The van der Waals surface area contributed by atoms with E-state index in [-0.39, 0.29) is 12.8 Å². The van der Waals surface area contributed by atoms with Crippen molar-refractivity contribution in [2.75, 3.05) is 13.2 Å². The van der Waals surface area contributed by atoms with Gasteiger partial charge in [-0.15, -0.1) is 0 Å². The maximum atomic E-state index is 14.2. The lowest BCUT2D eigenvalue weighted by Gasteiger charge is -2.43. The Morgan fingerprint density at radius 1 is 0.507 bits per heavy atom. The largest absolute Gasteiger partial charge is 0.463 e. The van der Waals surface area contributed by atoms with Gasteiger partial charge in [0.1, 0.15) is 24.9 Å². The highest BCUT2D eigenvalue weighted by Gasteiger charge is 2.51. The Bertz CT molecular complexity index is 1460. The highest BCUT2D eigenvalue weighted by Crippen LogP contribution is 2.29. The van der Waals surface area contributed by atoms with Gasteiger partial charge in [0, 0.05) is 41.5 Å². The van der Waals surface area contributed by atoms with Crippen LogP contribution in [0.15, 0.2) is 0 Å². The van der Waals surface area contributed by atoms with Gasteiger partial charge >= 0.3 is 35.8 Å². The molecule has 0 aromatic heterocycles. The number of carbonyl (C=O) groups is 7. The van der Waals surface area contributed by atoms with Gasteiger partial charge in [0.2, 0.25) is 0 Å². The number of unbranched alkanes of at least 4 members (excludes halogenated alkanes) is 22. The van der Waals surface area contributed by atoms with Crippen LogP contribution in [-0.2, 0) is 71.5 Å². The van der Waals surface area contributed by atoms with E-state index in [1.165, 1.54) is 111 Å². The number of hydrogen-bond acceptors (Lipinski definition) is 16. The summed E-state index contributed by atoms with van der Waals surface area (Å²) >= 11 is 0. The normalized spacial score (nSPS) is 19.6. The number of hydrogen-bond donors (Lipinski definition) is 2. The molecule has 0 bridgehead atoms. The number of aliphatic hydroxyl groups is 1. The van der Waals surface area contributed by atoms with Crippen LogP contribution in [0.4, 0.5) is 0 Å². The molecule has 17 heteroatoms. The minimum Gasteiger partial charge on any atom is -0.463 e. The summed E-state index contributed by atoms with van der Waals surface area (Å²) in [4.78, 5) is 88.4. The molecule has 1 rings (SSSR count). The molecular formula is C52H91NO16. The van der Waals surface area contributed by atoms with Crippen molar-refractivity contribution in [3.05, 3.63) is 0 Å². The van der Waals surface area contributed by atoms with Crippen molar-refractivity contribution in [2.24, 2.45) is 0 Å². The molecule has 0 aromatic rings. The average molecular weight is 986 g/mol. The first kappa shape index (κ1) is 63.2. The monoisotopic (exact) mass is 986 g/mol. The van der Waals surface area contributed by atoms with Crippen LogP contribution < -0.4 is 5.32 Å². The summed E-state index contributed by atoms with van der Waals surface area (Å²) < 4.78 is 45.3. The van der Waals surface area contributed by atoms with Crippen molar-refractivity contribution >= 4 is 41.7 Å². The zero-order valence-electron chi connectivity index (χ0n) is 43.6. The third kappa shape index (κ3) is 30.5. The van der Waals surface area contributed by atoms with E-state index in [9.17, 15) is 38.7 Å². The second-order valence-electron chi connectivity index (χ2n) is 18.6. The van der Waals surface area contributed by atoms with Crippen molar-refractivity contribution in [1.29, 1.82) is 0 Å². The molecule has 0 aromatic carbocycles. The zero-order chi connectivity index (χ0) is 51.4. The lowest BCUT2D eigenvalue weighted by atomic mass is 9.97. The number of aliphatic hydroxyl groups excluding tert-OH is 1. The predicted molar refractivity (Wildman–Crippen MR) is 258 cm³/mol. The van der Waals surface area contributed by atoms with E-state index in [1.54, 1.807) is 0 Å². The molecule has 1 aliphatic heterocycles. The molecule has 0 aliphatic carbocycles. The molecular weight excluding hydrogens is 895 g/mol. The fourth-order valence-corrected chi connectivity index (χ4v) is 8.63. The molecule has 69 heavy (non-hydrogen) atoms. The Morgan fingerprint density at radius 2 is 0.928 bits per heavy atom. The summed E-state index contributed by atoms with van der Waals surface area (Å²) in [5.74, 6) is -5.16. The Labute approximate surface area is 413 Å². The van der Waals surface area contributed by atoms with Crippen molar-refractivity contribution < 1.29 is 76.6 Å². The van der Waals surface area contributed by atoms with E-state index in [0.717, 1.165) is 72.1 Å². The third-order valence-electron chi connectivity index (χ3n) is 12.1. The van der Waals surface area contributed by atoms with Crippen LogP contribution in [0.25, 0.3) is 0 Å². The molecule has 1 amide bonds. The number of esters is 6. The minimum absolute atomic E-state index is 0.199. The first-order valence-corrected chi connectivity index (χ1v) is 26.2. The van der Waals surface area contributed by atoms with Crippen molar-refractivity contribution in [3.8, 4) is 0 Å². The average Bonchev–Trinajstić information content (AvgIpc) is 3.27. The Kier molecular flexibility index (Phi) is 35.6. The van der Waals surface area contributed by atoms with Gasteiger partial charge in [-0.25, -0.2) is 0 Å². The number of ether oxygens (including phenoxy) is 8. The lowest BCUT2D eigenvalue weighted by Crippen LogP contribution is -2.63. The number of rotatable bonds is 40. The maximum absolute atomic E-state index is 14.2. The van der Waals surface area contributed by atoms with E-state index in [1.807, 2.05) is 0 Å². The Balaban J connectivity index is 3.40. The van der Waals surface area contributed by atoms with Crippen LogP contribution in [0, 0.1) is 0 Å². The van der Waals surface area contributed by atoms with Crippen LogP contribution in [-0.4, -0.2) is 115 Å². The van der Waals surface area contributed by atoms with Gasteiger partial charge in [0.15, 0.2) is 30.7 Å². The minimum atomic E-state index is -1.81. The predicted octanol–water partition coefficient (Wildman–Crippen LogP) is 8.98. The molecule has 2 N–H and O–H groups in total. The second-order valence-corrected chi connectivity index (χ2v) is 18.6. The van der Waals surface area contributed by atoms with Crippen molar-refractivity contribution in [1.82, 2.24) is 5.32 Å². The summed E-state index contributed by atoms with van der Waals surface area (Å²) in [6, 6.07) is -1.32. The molecule has 1 saturated heterocycles. The highest BCUT2D eigenvalue weighted by molar-refractivity contribution is 5.83. The summed E-state index contributed by atoms with van der Waals surface area (Å²) in [5.41, 5.74) is 0. The summed E-state index contributed by atoms with van der Waals surface area (Å²) in [5, 5.41) is 14.4. The molecule has 9 atom stereocenters. The number of carbonyl (C=O) groups excluding carboxylic acids is 7. The fourth-order valence-electron chi connectivity index (χ4n) is 8.63. The molecule has 400 valence electrons. The van der Waals surface area contributed by atoms with Crippen molar-refractivity contribution in [3.63, 3.8) is 0 Å². The van der Waals surface area contributed by atoms with Gasteiger partial charge in [-0.3, -0.25) is 33.6 Å². The molecule has 9 unspecified atom stereocenters. The molecule has 0 radical (unpaired) electrons. The smallest absolute Gasteiger partial charge is 0.303 e. The second kappa shape index (κ2) is 38.9. The van der Waals surface area contributed by atoms with E-state index in [0.29, 0.717) is 12.8 Å². The van der Waals surface area contributed by atoms with Crippen LogP contribution in [0.3, 0.4) is 0 Å². The quantitative estimate of drug-likeness (QED) is 0.0332. The van der Waals surface area contributed by atoms with Crippen LogP contribution in [0.5, 0.6) is 0 Å². The Hall–Kier alpha value is -3.83. The number of nitrogens with one attached hydrogen (secondary N) is 1. The maximum Gasteiger partial charge on any atom is 0.303 e. The van der Waals surface area contributed by atoms with Crippen LogP contribution in [0.1, 0.15) is 222 Å².